The van der Waals surface area contributed by atoms with Gasteiger partial charge >= 0.3 is 29.6 Å². The van der Waals surface area contributed by atoms with Gasteiger partial charge in [0.25, 0.3) is 0 Å². The van der Waals surface area contributed by atoms with Crippen LogP contribution in [0.25, 0.3) is 0 Å². The van der Waals surface area contributed by atoms with Gasteiger partial charge in [0, 0.05) is 11.5 Å². The summed E-state index contributed by atoms with van der Waals surface area (Å²) in [6.07, 6.45) is 0. The Labute approximate surface area is 108 Å². The summed E-state index contributed by atoms with van der Waals surface area (Å²) < 4.78 is 0.951. The third-order valence-electron chi connectivity index (χ3n) is 0.572. The molecule has 4 N–H and O–H groups in total. The average molecular weight is 235 g/mol. The molecule has 0 amide bonds. The molecule has 0 aliphatic heterocycles. The summed E-state index contributed by atoms with van der Waals surface area (Å²) in [4.78, 5) is 0. The normalized spacial score (nSPS) is 8.36. The molecule has 0 atom stereocenters. The molecule has 0 bridgehead atoms. The van der Waals surface area contributed by atoms with Gasteiger partial charge in [-0.05, 0) is 0 Å². The molecule has 0 heterocycles. The van der Waals surface area contributed by atoms with Crippen LogP contribution in [0.2, 0.25) is 0 Å². The van der Waals surface area contributed by atoms with E-state index in [1.54, 1.807) is 0 Å². The van der Waals surface area contributed by atoms with E-state index < -0.39 is 0 Å². The van der Waals surface area contributed by atoms with Crippen molar-refractivity contribution < 1.29 is 29.6 Å². The van der Waals surface area contributed by atoms with Crippen molar-refractivity contribution in [3.63, 3.8) is 0 Å². The zero-order valence-electron chi connectivity index (χ0n) is 6.20. The van der Waals surface area contributed by atoms with Crippen LogP contribution in [0.1, 0.15) is 0 Å². The van der Waals surface area contributed by atoms with Crippen LogP contribution in [0, 0.1) is 0 Å². The van der Waals surface area contributed by atoms with Gasteiger partial charge in [-0.1, -0.05) is 48.0 Å². The molecule has 0 spiro atoms. The maximum atomic E-state index is 5.23. The van der Waals surface area contributed by atoms with Gasteiger partial charge in [-0.3, -0.25) is 0 Å². The Morgan fingerprint density at radius 3 is 1.45 bits per heavy atom. The van der Waals surface area contributed by atoms with E-state index in [-0.39, 0.29) is 29.6 Å². The van der Waals surface area contributed by atoms with Gasteiger partial charge in [-0.25, -0.2) is 0 Å². The molecule has 0 aromatic heterocycles. The first-order chi connectivity index (χ1) is 4.63. The molecule has 0 unspecified atom stereocenters. The summed E-state index contributed by atoms with van der Waals surface area (Å²) in [5.74, 6) is 1.74. The van der Waals surface area contributed by atoms with E-state index in [0.717, 1.165) is 11.5 Å². The van der Waals surface area contributed by atoms with Crippen molar-refractivity contribution in [2.45, 2.75) is 0 Å². The Hall–Kier alpha value is 1.48. The quantitative estimate of drug-likeness (QED) is 0.333. The minimum atomic E-state index is 0. The molecular formula is C4H8N2NaS4+. The molecule has 0 aromatic carbocycles. The van der Waals surface area contributed by atoms with Gasteiger partial charge < -0.3 is 11.5 Å². The third-order valence-corrected chi connectivity index (χ3v) is 2.92. The zero-order valence-corrected chi connectivity index (χ0v) is 11.5. The molecule has 0 saturated carbocycles. The smallest absolute Gasteiger partial charge is 0.385 e. The first-order valence-corrected chi connectivity index (χ1v) is 5.26. The fourth-order valence-corrected chi connectivity index (χ4v) is 1.85. The van der Waals surface area contributed by atoms with Crippen molar-refractivity contribution in [1.29, 1.82) is 0 Å². The molecule has 0 aromatic rings. The Bertz CT molecular complexity index is 124. The molecule has 0 saturated heterocycles. The van der Waals surface area contributed by atoms with E-state index in [1.807, 2.05) is 0 Å². The van der Waals surface area contributed by atoms with Crippen LogP contribution < -0.4 is 41.0 Å². The molecule has 58 valence electrons. The van der Waals surface area contributed by atoms with Crippen molar-refractivity contribution in [1.82, 2.24) is 0 Å². The summed E-state index contributed by atoms with van der Waals surface area (Å²) in [5.41, 5.74) is 10.5. The van der Waals surface area contributed by atoms with E-state index in [2.05, 4.69) is 24.4 Å². The van der Waals surface area contributed by atoms with Crippen molar-refractivity contribution in [3.05, 3.63) is 0 Å². The zero-order chi connectivity index (χ0) is 7.98. The van der Waals surface area contributed by atoms with Crippen LogP contribution in [-0.2, 0) is 0 Å². The Morgan fingerprint density at radius 2 is 1.27 bits per heavy atom. The second-order valence-electron chi connectivity index (χ2n) is 1.33. The molecule has 2 nitrogen and oxygen atoms in total. The molecule has 0 aliphatic rings. The predicted octanol–water partition coefficient (Wildman–Crippen LogP) is -2.06. The second kappa shape index (κ2) is 9.57. The van der Waals surface area contributed by atoms with E-state index >= 15 is 0 Å². The third kappa shape index (κ3) is 14.3. The van der Waals surface area contributed by atoms with Crippen molar-refractivity contribution in [2.24, 2.45) is 11.5 Å². The van der Waals surface area contributed by atoms with Gasteiger partial charge in [0.1, 0.15) is 8.64 Å². The topological polar surface area (TPSA) is 52.0 Å². The minimum Gasteiger partial charge on any atom is -0.385 e. The summed E-state index contributed by atoms with van der Waals surface area (Å²) in [7, 11) is 0. The first-order valence-electron chi connectivity index (χ1n) is 2.47. The number of nitrogens with two attached hydrogens (primary N) is 2. The van der Waals surface area contributed by atoms with Crippen molar-refractivity contribution in [2.75, 3.05) is 11.5 Å². The standard InChI is InChI=1S/C4H8N2S4.Na/c5-3(7)9-1-2-10-4(6)8;/h1-2H2,(H2,5,7)(H2,6,8);/q;+1. The van der Waals surface area contributed by atoms with Gasteiger partial charge in [-0.15, -0.1) is 0 Å². The fourth-order valence-electron chi connectivity index (χ4n) is 0.285. The van der Waals surface area contributed by atoms with Crippen molar-refractivity contribution in [3.8, 4) is 0 Å². The molecule has 0 radical (unpaired) electrons. The number of hydrogen-bond donors (Lipinski definition) is 2. The Morgan fingerprint density at radius 1 is 1.00 bits per heavy atom. The monoisotopic (exact) mass is 235 g/mol. The fraction of sp³-hybridized carbons (Fsp3) is 0.500. The predicted molar refractivity (Wildman–Crippen MR) is 58.5 cm³/mol. The SMILES string of the molecule is NC(=S)SCCSC(N)=S.[Na+]. The van der Waals surface area contributed by atoms with E-state index in [9.17, 15) is 0 Å². The number of thiocarbonyl (C=S) groups is 2. The maximum Gasteiger partial charge on any atom is 1.00 e. The van der Waals surface area contributed by atoms with Crippen LogP contribution in [0.3, 0.4) is 0 Å². The molecule has 0 aliphatic carbocycles. The summed E-state index contributed by atoms with van der Waals surface area (Å²) in [6.45, 7) is 0. The van der Waals surface area contributed by atoms with Crippen molar-refractivity contribution >= 4 is 56.6 Å². The summed E-state index contributed by atoms with van der Waals surface area (Å²) >= 11 is 12.2. The van der Waals surface area contributed by atoms with Crippen LogP contribution in [-0.4, -0.2) is 20.1 Å². The largest absolute Gasteiger partial charge is 1.00 e. The minimum absolute atomic E-state index is 0. The average Bonchev–Trinajstić information content (AvgIpc) is 1.79. The summed E-state index contributed by atoms with van der Waals surface area (Å²) in [5, 5.41) is 0. The second-order valence-corrected chi connectivity index (χ2v) is 5.00. The van der Waals surface area contributed by atoms with Gasteiger partial charge in [0.15, 0.2) is 0 Å². The van der Waals surface area contributed by atoms with Gasteiger partial charge in [0.2, 0.25) is 0 Å². The Balaban J connectivity index is 0. The van der Waals surface area contributed by atoms with E-state index in [4.69, 9.17) is 11.5 Å². The van der Waals surface area contributed by atoms with E-state index in [1.165, 1.54) is 23.5 Å². The molecule has 0 rings (SSSR count). The van der Waals surface area contributed by atoms with Crippen LogP contribution in [0.15, 0.2) is 0 Å². The van der Waals surface area contributed by atoms with Crippen LogP contribution in [0.4, 0.5) is 0 Å². The molecule has 7 heteroatoms. The number of thioether (sulfide) groups is 2. The van der Waals surface area contributed by atoms with E-state index in [0.29, 0.717) is 8.64 Å². The molecule has 0 fully saturated rings. The van der Waals surface area contributed by atoms with Crippen LogP contribution in [0.5, 0.6) is 0 Å². The molecular weight excluding hydrogens is 227 g/mol. The molecule has 11 heavy (non-hydrogen) atoms. The maximum absolute atomic E-state index is 5.23. The summed E-state index contributed by atoms with van der Waals surface area (Å²) in [6, 6.07) is 0. The van der Waals surface area contributed by atoms with Gasteiger partial charge in [0.05, 0.1) is 0 Å². The Kier molecular flexibility index (Phi) is 13.0. The van der Waals surface area contributed by atoms with Crippen LogP contribution >= 0.6 is 48.0 Å². The first kappa shape index (κ1) is 15.0. The van der Waals surface area contributed by atoms with Gasteiger partial charge in [-0.2, -0.15) is 0 Å². The number of hydrogen-bond acceptors (Lipinski definition) is 4. The number of rotatable bonds is 3.